The molecule has 0 saturated heterocycles. The summed E-state index contributed by atoms with van der Waals surface area (Å²) in [6.45, 7) is 8.16. The van der Waals surface area contributed by atoms with Gasteiger partial charge in [-0.1, -0.05) is 25.5 Å². The highest BCUT2D eigenvalue weighted by atomic mass is 127. The zero-order valence-electron chi connectivity index (χ0n) is 17.6. The monoisotopic (exact) mass is 507 g/mol. The molecule has 0 fully saturated rings. The van der Waals surface area contributed by atoms with Crippen molar-refractivity contribution in [2.75, 3.05) is 40.0 Å². The Balaban J connectivity index is 0.00000729. The highest BCUT2D eigenvalue weighted by molar-refractivity contribution is 14.0. The molecule has 162 valence electrons. The molecule has 7 heteroatoms. The summed E-state index contributed by atoms with van der Waals surface area (Å²) in [6, 6.07) is 7.93. The molecule has 0 spiro atoms. The summed E-state index contributed by atoms with van der Waals surface area (Å²) >= 11 is 0. The van der Waals surface area contributed by atoms with E-state index in [9.17, 15) is 0 Å². The number of hydrogen-bond donors (Lipinski definition) is 3. The van der Waals surface area contributed by atoms with Gasteiger partial charge in [0.05, 0.1) is 13.7 Å². The van der Waals surface area contributed by atoms with E-state index in [2.05, 4.69) is 29.5 Å². The average molecular weight is 507 g/mol. The molecule has 1 atom stereocenters. The fourth-order valence-corrected chi connectivity index (χ4v) is 2.77. The number of nitrogens with one attached hydrogen (secondary N) is 2. The Labute approximate surface area is 187 Å². The minimum atomic E-state index is 0. The van der Waals surface area contributed by atoms with Crippen LogP contribution in [0.15, 0.2) is 29.3 Å². The Hall–Kier alpha value is -1.06. The van der Waals surface area contributed by atoms with E-state index in [0.29, 0.717) is 19.1 Å². The molecule has 0 amide bonds. The molecule has 0 radical (unpaired) electrons. The summed E-state index contributed by atoms with van der Waals surface area (Å²) in [7, 11) is 1.67. The number of rotatable bonds is 14. The van der Waals surface area contributed by atoms with Crippen molar-refractivity contribution >= 4 is 29.9 Å². The second kappa shape index (κ2) is 18.0. The van der Waals surface area contributed by atoms with Crippen molar-refractivity contribution in [3.8, 4) is 5.75 Å². The maximum absolute atomic E-state index is 9.16. The first-order valence-corrected chi connectivity index (χ1v) is 10.1. The average Bonchev–Trinajstić information content (AvgIpc) is 2.69. The molecule has 0 aliphatic rings. The molecule has 1 aromatic carbocycles. The van der Waals surface area contributed by atoms with E-state index in [-0.39, 0.29) is 30.6 Å². The lowest BCUT2D eigenvalue weighted by atomic mass is 10.0. The van der Waals surface area contributed by atoms with Crippen LogP contribution in [0.3, 0.4) is 0 Å². The standard InChI is InChI=1S/C21H37N3O3.HI/c1-4-7-18(12-14-25)16-24-21(22-5-2)23-13-6-15-27-17-19-8-10-20(26-3)11-9-19;/h8-11,18,25H,4-7,12-17H2,1-3H3,(H2,22,23,24);1H. The molecule has 1 rings (SSSR count). The molecule has 0 bridgehead atoms. The fourth-order valence-electron chi connectivity index (χ4n) is 2.77. The van der Waals surface area contributed by atoms with Crippen molar-refractivity contribution < 1.29 is 14.6 Å². The quantitative estimate of drug-likeness (QED) is 0.155. The summed E-state index contributed by atoms with van der Waals surface area (Å²) in [5, 5.41) is 15.8. The Kier molecular flexibility index (Phi) is 17.3. The van der Waals surface area contributed by atoms with Gasteiger partial charge >= 0.3 is 0 Å². The predicted octanol–water partition coefficient (Wildman–Crippen LogP) is 3.57. The van der Waals surface area contributed by atoms with Gasteiger partial charge in [-0.25, -0.2) is 0 Å². The first-order valence-electron chi connectivity index (χ1n) is 10.1. The third kappa shape index (κ3) is 12.4. The van der Waals surface area contributed by atoms with E-state index >= 15 is 0 Å². The highest BCUT2D eigenvalue weighted by Gasteiger charge is 2.07. The van der Waals surface area contributed by atoms with Crippen molar-refractivity contribution in [1.29, 1.82) is 0 Å². The Bertz CT molecular complexity index is 506. The number of hydrogen-bond acceptors (Lipinski definition) is 4. The zero-order valence-corrected chi connectivity index (χ0v) is 19.9. The highest BCUT2D eigenvalue weighted by Crippen LogP contribution is 2.12. The summed E-state index contributed by atoms with van der Waals surface area (Å²) in [5.74, 6) is 2.15. The number of aliphatic hydroxyl groups is 1. The first-order chi connectivity index (χ1) is 13.2. The van der Waals surface area contributed by atoms with Crippen LogP contribution in [0, 0.1) is 5.92 Å². The lowest BCUT2D eigenvalue weighted by molar-refractivity contribution is 0.119. The van der Waals surface area contributed by atoms with E-state index in [1.165, 1.54) is 0 Å². The minimum absolute atomic E-state index is 0. The number of aliphatic imine (C=N–C) groups is 1. The maximum atomic E-state index is 9.16. The lowest BCUT2D eigenvalue weighted by Gasteiger charge is -2.15. The molecule has 0 heterocycles. The van der Waals surface area contributed by atoms with Crippen LogP contribution >= 0.6 is 24.0 Å². The Morgan fingerprint density at radius 3 is 2.50 bits per heavy atom. The van der Waals surface area contributed by atoms with Crippen LogP contribution in [0.25, 0.3) is 0 Å². The molecule has 0 saturated carbocycles. The largest absolute Gasteiger partial charge is 0.497 e. The smallest absolute Gasteiger partial charge is 0.191 e. The summed E-state index contributed by atoms with van der Waals surface area (Å²) in [5.41, 5.74) is 1.14. The lowest BCUT2D eigenvalue weighted by Crippen LogP contribution is -2.38. The van der Waals surface area contributed by atoms with Crippen LogP contribution in [-0.4, -0.2) is 51.0 Å². The molecule has 6 nitrogen and oxygen atoms in total. The van der Waals surface area contributed by atoms with Crippen molar-refractivity contribution in [3.05, 3.63) is 29.8 Å². The number of nitrogens with zero attached hydrogens (tertiary/aromatic N) is 1. The SMILES string of the molecule is CCCC(CCO)CN=C(NCC)NCCCOCc1ccc(OC)cc1.I. The van der Waals surface area contributed by atoms with Gasteiger partial charge in [0, 0.05) is 32.8 Å². The Morgan fingerprint density at radius 1 is 1.14 bits per heavy atom. The topological polar surface area (TPSA) is 75.1 Å². The van der Waals surface area contributed by atoms with Crippen LogP contribution in [0.1, 0.15) is 45.1 Å². The maximum Gasteiger partial charge on any atom is 0.191 e. The van der Waals surface area contributed by atoms with Gasteiger partial charge < -0.3 is 25.2 Å². The van der Waals surface area contributed by atoms with Crippen molar-refractivity contribution in [2.45, 2.75) is 46.1 Å². The second-order valence-electron chi connectivity index (χ2n) is 6.57. The van der Waals surface area contributed by atoms with E-state index < -0.39 is 0 Å². The van der Waals surface area contributed by atoms with E-state index in [1.54, 1.807) is 7.11 Å². The second-order valence-corrected chi connectivity index (χ2v) is 6.57. The van der Waals surface area contributed by atoms with Crippen LogP contribution in [0.2, 0.25) is 0 Å². The normalized spacial score (nSPS) is 12.2. The van der Waals surface area contributed by atoms with Crippen LogP contribution in [-0.2, 0) is 11.3 Å². The van der Waals surface area contributed by atoms with E-state index in [0.717, 1.165) is 62.6 Å². The third-order valence-corrected chi connectivity index (χ3v) is 4.27. The number of guanidine groups is 1. The van der Waals surface area contributed by atoms with Gasteiger partial charge in [-0.05, 0) is 49.8 Å². The van der Waals surface area contributed by atoms with Crippen LogP contribution < -0.4 is 15.4 Å². The molecular weight excluding hydrogens is 469 g/mol. The first kappa shape index (κ1) is 26.9. The van der Waals surface area contributed by atoms with Crippen molar-refractivity contribution in [3.63, 3.8) is 0 Å². The molecule has 0 aliphatic heterocycles. The van der Waals surface area contributed by atoms with E-state index in [4.69, 9.17) is 14.6 Å². The van der Waals surface area contributed by atoms with Crippen molar-refractivity contribution in [1.82, 2.24) is 10.6 Å². The van der Waals surface area contributed by atoms with Gasteiger partial charge in [-0.15, -0.1) is 24.0 Å². The van der Waals surface area contributed by atoms with Gasteiger partial charge in [0.1, 0.15) is 5.75 Å². The third-order valence-electron chi connectivity index (χ3n) is 4.27. The number of benzene rings is 1. The molecule has 0 aliphatic carbocycles. The molecular formula is C21H38IN3O3. The van der Waals surface area contributed by atoms with Gasteiger partial charge in [-0.3, -0.25) is 4.99 Å². The van der Waals surface area contributed by atoms with Crippen LogP contribution in [0.4, 0.5) is 0 Å². The number of ether oxygens (including phenoxy) is 2. The number of halogens is 1. The van der Waals surface area contributed by atoms with Crippen LogP contribution in [0.5, 0.6) is 5.75 Å². The molecule has 1 unspecified atom stereocenters. The van der Waals surface area contributed by atoms with Gasteiger partial charge in [0.2, 0.25) is 0 Å². The minimum Gasteiger partial charge on any atom is -0.497 e. The summed E-state index contributed by atoms with van der Waals surface area (Å²) in [4.78, 5) is 4.66. The fraction of sp³-hybridized carbons (Fsp3) is 0.667. The molecule has 0 aromatic heterocycles. The molecule has 1 aromatic rings. The van der Waals surface area contributed by atoms with Gasteiger partial charge in [0.15, 0.2) is 5.96 Å². The van der Waals surface area contributed by atoms with Gasteiger partial charge in [0.25, 0.3) is 0 Å². The van der Waals surface area contributed by atoms with Crippen molar-refractivity contribution in [2.24, 2.45) is 10.9 Å². The Morgan fingerprint density at radius 2 is 1.89 bits per heavy atom. The summed E-state index contributed by atoms with van der Waals surface area (Å²) < 4.78 is 10.9. The van der Waals surface area contributed by atoms with E-state index in [1.807, 2.05) is 24.3 Å². The predicted molar refractivity (Wildman–Crippen MR) is 127 cm³/mol. The molecule has 3 N–H and O–H groups in total. The molecule has 28 heavy (non-hydrogen) atoms. The van der Waals surface area contributed by atoms with Gasteiger partial charge in [-0.2, -0.15) is 0 Å². The number of methoxy groups -OCH3 is 1. The zero-order chi connectivity index (χ0) is 19.7. The summed E-state index contributed by atoms with van der Waals surface area (Å²) in [6.07, 6.45) is 3.95. The number of aliphatic hydroxyl groups excluding tert-OH is 1.